The minimum Gasteiger partial charge on any atom is -0.332 e. The molecular weight excluding hydrogens is 529 g/mol. The van der Waals surface area contributed by atoms with Gasteiger partial charge in [-0.15, -0.1) is 0 Å². The second-order valence-corrected chi connectivity index (χ2v) is 10.8. The van der Waals surface area contributed by atoms with E-state index >= 15 is 0 Å². The van der Waals surface area contributed by atoms with Crippen LogP contribution in [0.4, 0.5) is 24.8 Å². The molecule has 0 unspecified atom stereocenters. The zero-order valence-electron chi connectivity index (χ0n) is 23.1. The van der Waals surface area contributed by atoms with E-state index < -0.39 is 11.7 Å². The largest absolute Gasteiger partial charge is 0.416 e. The molecule has 41 heavy (non-hydrogen) atoms. The molecule has 2 aliphatic rings. The fourth-order valence-electron chi connectivity index (χ4n) is 5.71. The van der Waals surface area contributed by atoms with Gasteiger partial charge in [0.05, 0.1) is 5.56 Å². The van der Waals surface area contributed by atoms with Crippen molar-refractivity contribution in [3.63, 3.8) is 0 Å². The lowest BCUT2D eigenvalue weighted by atomic mass is 10.00. The first-order chi connectivity index (χ1) is 19.7. The van der Waals surface area contributed by atoms with Crippen LogP contribution < -0.4 is 5.32 Å². The summed E-state index contributed by atoms with van der Waals surface area (Å²) >= 11 is 0. The molecule has 2 aromatic heterocycles. The van der Waals surface area contributed by atoms with Crippen molar-refractivity contribution in [2.45, 2.75) is 70.3 Å². The number of aryl methyl sites for hydroxylation is 1. The van der Waals surface area contributed by atoms with E-state index in [1.54, 1.807) is 12.3 Å². The number of carbonyl (C=O) groups excluding carboxylic acids is 1. The fourth-order valence-corrected chi connectivity index (χ4v) is 5.71. The number of alkyl halides is 3. The summed E-state index contributed by atoms with van der Waals surface area (Å²) in [5, 5.41) is 3.16. The average molecular weight is 565 g/mol. The predicted octanol–water partition coefficient (Wildman–Crippen LogP) is 6.39. The quantitative estimate of drug-likeness (QED) is 0.320. The highest BCUT2D eigenvalue weighted by Crippen LogP contribution is 2.30. The molecule has 1 aliphatic heterocycles. The van der Waals surface area contributed by atoms with Gasteiger partial charge in [0, 0.05) is 55.8 Å². The van der Waals surface area contributed by atoms with Crippen LogP contribution in [0.5, 0.6) is 0 Å². The number of hydrogen-bond acceptors (Lipinski definition) is 6. The Bertz CT molecular complexity index is 1330. The van der Waals surface area contributed by atoms with Crippen LogP contribution in [-0.2, 0) is 17.5 Å². The number of anilines is 2. The number of nitrogens with zero attached hydrogens (tertiary/aromatic N) is 5. The second kappa shape index (κ2) is 12.8. The van der Waals surface area contributed by atoms with E-state index in [2.05, 4.69) is 25.2 Å². The highest BCUT2D eigenvalue weighted by atomic mass is 19.4. The molecule has 3 aromatic rings. The van der Waals surface area contributed by atoms with Gasteiger partial charge >= 0.3 is 6.18 Å². The standard InChI is InChI=1S/C31H35F3N6O/c1-22-18-29(37-21-36-22)38-28-12-8-24(19-35-28)20-40(27-14-16-39(17-15-27)26-4-2-3-5-26)30(41)13-9-23-6-10-25(11-7-23)31(32,33)34/h6-13,18-19,21,26-27H,2-5,14-17,20H2,1H3,(H,35,36,37,38). The summed E-state index contributed by atoms with van der Waals surface area (Å²) in [5.41, 5.74) is 1.57. The van der Waals surface area contributed by atoms with Crippen LogP contribution in [0.15, 0.2) is 61.1 Å². The van der Waals surface area contributed by atoms with Crippen molar-refractivity contribution in [1.82, 2.24) is 24.8 Å². The van der Waals surface area contributed by atoms with E-state index in [0.29, 0.717) is 29.8 Å². The van der Waals surface area contributed by atoms with Crippen molar-refractivity contribution in [1.29, 1.82) is 0 Å². The molecule has 1 amide bonds. The van der Waals surface area contributed by atoms with Gasteiger partial charge in [-0.3, -0.25) is 4.79 Å². The molecule has 2 fully saturated rings. The van der Waals surface area contributed by atoms with Gasteiger partial charge in [-0.25, -0.2) is 15.0 Å². The van der Waals surface area contributed by atoms with Gasteiger partial charge in [0.25, 0.3) is 0 Å². The maximum absolute atomic E-state index is 13.5. The predicted molar refractivity (Wildman–Crippen MR) is 152 cm³/mol. The third kappa shape index (κ3) is 7.70. The van der Waals surface area contributed by atoms with E-state index in [0.717, 1.165) is 49.3 Å². The summed E-state index contributed by atoms with van der Waals surface area (Å²) in [6, 6.07) is 11.2. The number of piperidine rings is 1. The summed E-state index contributed by atoms with van der Waals surface area (Å²) in [6.45, 7) is 4.20. The zero-order valence-corrected chi connectivity index (χ0v) is 23.1. The maximum atomic E-state index is 13.5. The number of rotatable bonds is 8. The van der Waals surface area contributed by atoms with Crippen LogP contribution in [0.1, 0.15) is 60.9 Å². The summed E-state index contributed by atoms with van der Waals surface area (Å²) < 4.78 is 38.8. The van der Waals surface area contributed by atoms with Crippen molar-refractivity contribution in [3.8, 4) is 0 Å². The van der Waals surface area contributed by atoms with Gasteiger partial charge in [-0.05, 0) is 68.0 Å². The number of likely N-dealkylation sites (tertiary alicyclic amines) is 1. The van der Waals surface area contributed by atoms with Crippen LogP contribution in [0.25, 0.3) is 6.08 Å². The Hall–Kier alpha value is -3.79. The number of amides is 1. The Morgan fingerprint density at radius 1 is 1.00 bits per heavy atom. The van der Waals surface area contributed by atoms with Gasteiger partial charge in [-0.2, -0.15) is 13.2 Å². The summed E-state index contributed by atoms with van der Waals surface area (Å²) in [6.07, 6.45) is 8.76. The molecule has 3 heterocycles. The van der Waals surface area contributed by atoms with Crippen LogP contribution >= 0.6 is 0 Å². The maximum Gasteiger partial charge on any atom is 0.416 e. The Morgan fingerprint density at radius 3 is 2.37 bits per heavy atom. The molecule has 10 heteroatoms. The number of nitrogens with one attached hydrogen (secondary N) is 1. The molecule has 0 bridgehead atoms. The fraction of sp³-hybridized carbons (Fsp3) is 0.419. The molecule has 1 N–H and O–H groups in total. The SMILES string of the molecule is Cc1cc(Nc2ccc(CN(C(=O)C=Cc3ccc(C(F)(F)F)cc3)C3CCN(C4CCCC4)CC3)cn2)ncn1. The van der Waals surface area contributed by atoms with Gasteiger partial charge in [-0.1, -0.05) is 31.0 Å². The van der Waals surface area contributed by atoms with Gasteiger partial charge in [0.15, 0.2) is 0 Å². The number of hydrogen-bond donors (Lipinski definition) is 1. The van der Waals surface area contributed by atoms with E-state index in [1.165, 1.54) is 50.2 Å². The van der Waals surface area contributed by atoms with Crippen LogP contribution in [0, 0.1) is 6.92 Å². The highest BCUT2D eigenvalue weighted by Gasteiger charge is 2.32. The zero-order chi connectivity index (χ0) is 28.8. The molecule has 1 saturated carbocycles. The third-order valence-corrected chi connectivity index (χ3v) is 7.96. The van der Waals surface area contributed by atoms with Crippen molar-refractivity contribution in [2.75, 3.05) is 18.4 Å². The summed E-state index contributed by atoms with van der Waals surface area (Å²) in [5.74, 6) is 1.12. The lowest BCUT2D eigenvalue weighted by molar-refractivity contribution is -0.137. The smallest absolute Gasteiger partial charge is 0.332 e. The second-order valence-electron chi connectivity index (χ2n) is 10.8. The molecule has 5 rings (SSSR count). The first-order valence-electron chi connectivity index (χ1n) is 14.2. The van der Waals surface area contributed by atoms with Crippen molar-refractivity contribution < 1.29 is 18.0 Å². The number of benzene rings is 1. The van der Waals surface area contributed by atoms with Crippen molar-refractivity contribution in [3.05, 3.63) is 83.4 Å². The minimum atomic E-state index is -4.39. The molecule has 1 aromatic carbocycles. The average Bonchev–Trinajstić information content (AvgIpc) is 3.51. The van der Waals surface area contributed by atoms with E-state index in [-0.39, 0.29) is 11.9 Å². The molecule has 216 valence electrons. The third-order valence-electron chi connectivity index (χ3n) is 7.96. The van der Waals surface area contributed by atoms with Crippen LogP contribution in [0.2, 0.25) is 0 Å². The molecule has 0 radical (unpaired) electrons. The topological polar surface area (TPSA) is 74.2 Å². The lowest BCUT2D eigenvalue weighted by Gasteiger charge is -2.40. The molecule has 1 saturated heterocycles. The number of pyridine rings is 1. The van der Waals surface area contributed by atoms with E-state index in [9.17, 15) is 18.0 Å². The Morgan fingerprint density at radius 2 is 1.73 bits per heavy atom. The lowest BCUT2D eigenvalue weighted by Crippen LogP contribution is -2.48. The highest BCUT2D eigenvalue weighted by molar-refractivity contribution is 5.92. The molecule has 0 atom stereocenters. The monoisotopic (exact) mass is 564 g/mol. The van der Waals surface area contributed by atoms with E-state index in [1.807, 2.05) is 30.0 Å². The Balaban J connectivity index is 1.28. The van der Waals surface area contributed by atoms with Gasteiger partial charge < -0.3 is 15.1 Å². The number of halogens is 3. The van der Waals surface area contributed by atoms with Gasteiger partial charge in [0.2, 0.25) is 5.91 Å². The Kier molecular flexibility index (Phi) is 8.97. The molecule has 1 aliphatic carbocycles. The molecule has 7 nitrogen and oxygen atoms in total. The summed E-state index contributed by atoms with van der Waals surface area (Å²) in [4.78, 5) is 30.8. The molecular formula is C31H35F3N6O. The Labute approximate surface area is 238 Å². The van der Waals surface area contributed by atoms with Crippen LogP contribution in [-0.4, -0.2) is 55.8 Å². The van der Waals surface area contributed by atoms with E-state index in [4.69, 9.17) is 0 Å². The number of carbonyl (C=O) groups is 1. The first kappa shape index (κ1) is 28.7. The molecule has 0 spiro atoms. The first-order valence-corrected chi connectivity index (χ1v) is 14.2. The van der Waals surface area contributed by atoms with Crippen molar-refractivity contribution in [2.24, 2.45) is 0 Å². The van der Waals surface area contributed by atoms with Crippen molar-refractivity contribution >= 4 is 23.6 Å². The number of aromatic nitrogens is 3. The van der Waals surface area contributed by atoms with Crippen LogP contribution in [0.3, 0.4) is 0 Å². The van der Waals surface area contributed by atoms with Gasteiger partial charge in [0.1, 0.15) is 18.0 Å². The minimum absolute atomic E-state index is 0.0687. The normalized spacial score (nSPS) is 17.3. The summed E-state index contributed by atoms with van der Waals surface area (Å²) in [7, 11) is 0.